The zero-order valence-corrected chi connectivity index (χ0v) is 7.23. The number of rotatable bonds is 5. The fraction of sp³-hybridized carbons (Fsp3) is 0.571. The van der Waals surface area contributed by atoms with Gasteiger partial charge in [-0.2, -0.15) is 5.26 Å². The predicted molar refractivity (Wildman–Crippen MR) is 44.6 cm³/mol. The van der Waals surface area contributed by atoms with Gasteiger partial charge in [0.05, 0.1) is 0 Å². The fourth-order valence-electron chi connectivity index (χ4n) is 0.464. The van der Waals surface area contributed by atoms with Crippen LogP contribution in [0.4, 0.5) is 0 Å². The Balaban J connectivity index is 3.89. The van der Waals surface area contributed by atoms with Crippen LogP contribution in [-0.4, -0.2) is 16.0 Å². The zero-order valence-electron chi connectivity index (χ0n) is 6.41. The van der Waals surface area contributed by atoms with E-state index in [1.165, 1.54) is 6.26 Å². The van der Waals surface area contributed by atoms with Crippen LogP contribution in [0.1, 0.15) is 13.3 Å². The van der Waals surface area contributed by atoms with Crippen molar-refractivity contribution in [3.8, 4) is 6.26 Å². The Kier molecular flexibility index (Phi) is 4.75. The van der Waals surface area contributed by atoms with Crippen LogP contribution in [0.3, 0.4) is 0 Å². The summed E-state index contributed by atoms with van der Waals surface area (Å²) in [4.78, 5) is 0. The van der Waals surface area contributed by atoms with E-state index in [9.17, 15) is 5.11 Å². The monoisotopic (exact) mass is 173 g/mol. The predicted octanol–water partition coefficient (Wildman–Crippen LogP) is 1.46. The van der Waals surface area contributed by atoms with Crippen LogP contribution >= 0.6 is 11.8 Å². The van der Waals surface area contributed by atoms with E-state index in [2.05, 4.69) is 11.3 Å². The van der Waals surface area contributed by atoms with Crippen molar-refractivity contribution in [2.24, 2.45) is 0 Å². The van der Waals surface area contributed by atoms with Crippen LogP contribution in [0.15, 0.2) is 12.7 Å². The molecular formula is C7H11NO2S. The molecule has 0 heterocycles. The molecule has 0 aliphatic rings. The second kappa shape index (κ2) is 5.05. The Labute approximate surface area is 70.7 Å². The smallest absolute Gasteiger partial charge is 0.289 e. The second-order valence-electron chi connectivity index (χ2n) is 1.86. The Morgan fingerprint density at radius 1 is 1.91 bits per heavy atom. The van der Waals surface area contributed by atoms with Gasteiger partial charge in [0.15, 0.2) is 0 Å². The van der Waals surface area contributed by atoms with Crippen LogP contribution in [0, 0.1) is 11.5 Å². The molecule has 0 aromatic rings. The SMILES string of the molecule is C=CCSC(O)(CC)OC#N. The number of nitriles is 1. The molecule has 0 rings (SSSR count). The van der Waals surface area contributed by atoms with Gasteiger partial charge in [-0.25, -0.2) is 0 Å². The highest BCUT2D eigenvalue weighted by Gasteiger charge is 2.26. The highest BCUT2D eigenvalue weighted by Crippen LogP contribution is 2.26. The number of hydrogen-bond donors (Lipinski definition) is 1. The molecule has 0 bridgehead atoms. The third-order valence-corrected chi connectivity index (χ3v) is 2.30. The van der Waals surface area contributed by atoms with Crippen molar-refractivity contribution in [2.75, 3.05) is 5.75 Å². The van der Waals surface area contributed by atoms with Crippen molar-refractivity contribution in [1.82, 2.24) is 0 Å². The molecule has 0 saturated carbocycles. The van der Waals surface area contributed by atoms with Crippen molar-refractivity contribution in [1.29, 1.82) is 5.26 Å². The lowest BCUT2D eigenvalue weighted by Crippen LogP contribution is -2.25. The summed E-state index contributed by atoms with van der Waals surface area (Å²) in [6, 6.07) is 0. The third-order valence-electron chi connectivity index (χ3n) is 1.08. The summed E-state index contributed by atoms with van der Waals surface area (Å²) in [5.41, 5.74) is 0. The molecule has 62 valence electrons. The molecule has 1 atom stereocenters. The molecule has 0 fully saturated rings. The van der Waals surface area contributed by atoms with Gasteiger partial charge < -0.3 is 9.84 Å². The molecule has 3 nitrogen and oxygen atoms in total. The Hall–Kier alpha value is -0.660. The van der Waals surface area contributed by atoms with Gasteiger partial charge in [0.1, 0.15) is 0 Å². The van der Waals surface area contributed by atoms with Crippen molar-refractivity contribution >= 4 is 11.8 Å². The van der Waals surface area contributed by atoms with Crippen LogP contribution in [0.5, 0.6) is 0 Å². The lowest BCUT2D eigenvalue weighted by molar-refractivity contribution is -0.0784. The summed E-state index contributed by atoms with van der Waals surface area (Å²) in [7, 11) is 0. The Morgan fingerprint density at radius 2 is 2.55 bits per heavy atom. The molecule has 0 amide bonds. The quantitative estimate of drug-likeness (QED) is 0.388. The average molecular weight is 173 g/mol. The van der Waals surface area contributed by atoms with Gasteiger partial charge in [-0.15, -0.1) is 6.58 Å². The van der Waals surface area contributed by atoms with E-state index < -0.39 is 5.12 Å². The van der Waals surface area contributed by atoms with Gasteiger partial charge in [0.2, 0.25) is 0 Å². The van der Waals surface area contributed by atoms with Gasteiger partial charge in [-0.3, -0.25) is 0 Å². The van der Waals surface area contributed by atoms with Crippen LogP contribution in [-0.2, 0) is 4.74 Å². The number of aliphatic hydroxyl groups is 1. The number of nitrogens with zero attached hydrogens (tertiary/aromatic N) is 1. The molecule has 0 aliphatic carbocycles. The van der Waals surface area contributed by atoms with E-state index in [4.69, 9.17) is 5.26 Å². The molecule has 0 radical (unpaired) electrons. The van der Waals surface area contributed by atoms with Crippen molar-refractivity contribution in [3.63, 3.8) is 0 Å². The molecule has 0 aromatic heterocycles. The first-order valence-electron chi connectivity index (χ1n) is 3.23. The molecule has 1 unspecified atom stereocenters. The first-order chi connectivity index (χ1) is 5.18. The van der Waals surface area contributed by atoms with E-state index >= 15 is 0 Å². The van der Waals surface area contributed by atoms with E-state index in [0.717, 1.165) is 11.8 Å². The summed E-state index contributed by atoms with van der Waals surface area (Å²) in [5, 5.41) is 16.2. The first kappa shape index (κ1) is 10.3. The van der Waals surface area contributed by atoms with Gasteiger partial charge in [0, 0.05) is 12.2 Å². The minimum Gasteiger partial charge on any atom is -0.383 e. The molecule has 0 spiro atoms. The molecule has 0 aromatic carbocycles. The lowest BCUT2D eigenvalue weighted by Gasteiger charge is -2.20. The molecule has 1 N–H and O–H groups in total. The molecule has 0 aliphatic heterocycles. The summed E-state index contributed by atoms with van der Waals surface area (Å²) >= 11 is 1.14. The lowest BCUT2D eigenvalue weighted by atomic mass is 10.5. The largest absolute Gasteiger partial charge is 0.383 e. The highest BCUT2D eigenvalue weighted by atomic mass is 32.2. The highest BCUT2D eigenvalue weighted by molar-refractivity contribution is 8.00. The maximum absolute atomic E-state index is 9.42. The van der Waals surface area contributed by atoms with E-state index in [0.29, 0.717) is 12.2 Å². The van der Waals surface area contributed by atoms with Crippen molar-refractivity contribution in [3.05, 3.63) is 12.7 Å². The maximum atomic E-state index is 9.42. The zero-order chi connectivity index (χ0) is 8.74. The number of ether oxygens (including phenoxy) is 1. The van der Waals surface area contributed by atoms with Crippen molar-refractivity contribution < 1.29 is 9.84 Å². The topological polar surface area (TPSA) is 53.2 Å². The van der Waals surface area contributed by atoms with Gasteiger partial charge in [-0.1, -0.05) is 24.8 Å². The first-order valence-corrected chi connectivity index (χ1v) is 4.21. The minimum absolute atomic E-state index is 0.374. The summed E-state index contributed by atoms with van der Waals surface area (Å²) in [6.07, 6.45) is 3.48. The summed E-state index contributed by atoms with van der Waals surface area (Å²) < 4.78 is 4.46. The van der Waals surface area contributed by atoms with Gasteiger partial charge >= 0.3 is 0 Å². The standard InChI is InChI=1S/C7H11NO2S/c1-3-5-11-7(9,4-2)10-6-8/h3,9H,1,4-5H2,2H3. The van der Waals surface area contributed by atoms with Crippen molar-refractivity contribution in [2.45, 2.75) is 18.5 Å². The van der Waals surface area contributed by atoms with Gasteiger partial charge in [-0.05, 0) is 0 Å². The Morgan fingerprint density at radius 3 is 2.91 bits per heavy atom. The number of thioether (sulfide) groups is 1. The van der Waals surface area contributed by atoms with Crippen LogP contribution in [0.2, 0.25) is 0 Å². The van der Waals surface area contributed by atoms with E-state index in [1.54, 1.807) is 13.0 Å². The molecule has 0 saturated heterocycles. The molecule has 11 heavy (non-hydrogen) atoms. The van der Waals surface area contributed by atoms with Crippen LogP contribution < -0.4 is 0 Å². The minimum atomic E-state index is -1.37. The number of hydrogen-bond acceptors (Lipinski definition) is 4. The maximum Gasteiger partial charge on any atom is 0.289 e. The molecular weight excluding hydrogens is 162 g/mol. The average Bonchev–Trinajstić information content (AvgIpc) is 2.02. The van der Waals surface area contributed by atoms with E-state index in [1.807, 2.05) is 0 Å². The summed E-state index contributed by atoms with van der Waals surface area (Å²) in [6.45, 7) is 5.23. The normalized spacial score (nSPS) is 14.6. The third kappa shape index (κ3) is 3.91. The Bertz CT molecular complexity index is 166. The van der Waals surface area contributed by atoms with E-state index in [-0.39, 0.29) is 0 Å². The molecule has 4 heteroatoms. The van der Waals surface area contributed by atoms with Gasteiger partial charge in [0.25, 0.3) is 11.4 Å². The summed E-state index contributed by atoms with van der Waals surface area (Å²) in [5.74, 6) is 0.562. The second-order valence-corrected chi connectivity index (χ2v) is 3.12. The van der Waals surface area contributed by atoms with Crippen LogP contribution in [0.25, 0.3) is 0 Å². The fourth-order valence-corrected chi connectivity index (χ4v) is 1.14.